The predicted octanol–water partition coefficient (Wildman–Crippen LogP) is 4.10. The van der Waals surface area contributed by atoms with Crippen LogP contribution in [0, 0.1) is 11.3 Å². The molecule has 1 aromatic carbocycles. The Morgan fingerprint density at radius 1 is 1.29 bits per heavy atom. The maximum atomic E-state index is 6.08. The van der Waals surface area contributed by atoms with Gasteiger partial charge in [0.1, 0.15) is 0 Å². The van der Waals surface area contributed by atoms with E-state index in [0.29, 0.717) is 24.1 Å². The molecule has 3 unspecified atom stereocenters. The Morgan fingerprint density at radius 3 is 2.76 bits per heavy atom. The van der Waals surface area contributed by atoms with E-state index >= 15 is 0 Å². The van der Waals surface area contributed by atoms with Crippen molar-refractivity contribution >= 4 is 0 Å². The lowest BCUT2D eigenvalue weighted by atomic mass is 9.64. The zero-order chi connectivity index (χ0) is 15.0. The smallest absolute Gasteiger partial charge is 0.0656 e. The molecule has 2 aliphatic carbocycles. The second kappa shape index (κ2) is 5.73. The first-order chi connectivity index (χ1) is 9.98. The third-order valence-corrected chi connectivity index (χ3v) is 5.34. The fraction of sp³-hybridized carbons (Fsp3) is 0.684. The van der Waals surface area contributed by atoms with Crippen LogP contribution in [0.25, 0.3) is 0 Å². The van der Waals surface area contributed by atoms with Crippen molar-refractivity contribution < 1.29 is 4.74 Å². The maximum absolute atomic E-state index is 6.08. The Hall–Kier alpha value is -0.860. The van der Waals surface area contributed by atoms with Gasteiger partial charge in [-0.1, -0.05) is 52.0 Å². The highest BCUT2D eigenvalue weighted by Crippen LogP contribution is 2.45. The normalized spacial score (nSPS) is 30.2. The number of hydrogen-bond acceptors (Lipinski definition) is 2. The van der Waals surface area contributed by atoms with Gasteiger partial charge in [0.25, 0.3) is 0 Å². The van der Waals surface area contributed by atoms with E-state index in [2.05, 4.69) is 57.3 Å². The van der Waals surface area contributed by atoms with E-state index in [1.807, 2.05) is 0 Å². The van der Waals surface area contributed by atoms with Gasteiger partial charge < -0.3 is 10.1 Å². The first kappa shape index (κ1) is 15.1. The molecule has 2 nitrogen and oxygen atoms in total. The SMILES string of the molecule is CC(C)COC1CC(NC2CCc3ccccc32)C1(C)C. The highest BCUT2D eigenvalue weighted by Gasteiger charge is 2.49. The van der Waals surface area contributed by atoms with E-state index in [-0.39, 0.29) is 5.41 Å². The average molecular weight is 287 g/mol. The minimum Gasteiger partial charge on any atom is -0.377 e. The molecule has 0 aromatic heterocycles. The topological polar surface area (TPSA) is 21.3 Å². The van der Waals surface area contributed by atoms with E-state index in [0.717, 1.165) is 13.0 Å². The Bertz CT molecular complexity index is 494. The van der Waals surface area contributed by atoms with Gasteiger partial charge in [0, 0.05) is 24.1 Å². The molecule has 0 aliphatic heterocycles. The lowest BCUT2D eigenvalue weighted by Gasteiger charge is -2.53. The Labute approximate surface area is 129 Å². The second-order valence-electron chi connectivity index (χ2n) is 7.78. The summed E-state index contributed by atoms with van der Waals surface area (Å²) >= 11 is 0. The minimum atomic E-state index is 0.242. The van der Waals surface area contributed by atoms with Gasteiger partial charge in [-0.3, -0.25) is 0 Å². The van der Waals surface area contributed by atoms with Crippen LogP contribution >= 0.6 is 0 Å². The molecule has 1 N–H and O–H groups in total. The molecule has 0 amide bonds. The van der Waals surface area contributed by atoms with Crippen molar-refractivity contribution in [3.8, 4) is 0 Å². The Balaban J connectivity index is 1.58. The van der Waals surface area contributed by atoms with Crippen molar-refractivity contribution in [1.29, 1.82) is 0 Å². The van der Waals surface area contributed by atoms with Gasteiger partial charge >= 0.3 is 0 Å². The van der Waals surface area contributed by atoms with Crippen molar-refractivity contribution in [3.63, 3.8) is 0 Å². The summed E-state index contributed by atoms with van der Waals surface area (Å²) < 4.78 is 6.08. The maximum Gasteiger partial charge on any atom is 0.0656 e. The van der Waals surface area contributed by atoms with Gasteiger partial charge in [-0.05, 0) is 36.3 Å². The number of fused-ring (bicyclic) bond motifs is 1. The fourth-order valence-electron chi connectivity index (χ4n) is 3.73. The molecule has 0 spiro atoms. The van der Waals surface area contributed by atoms with E-state index in [1.165, 1.54) is 24.0 Å². The molecule has 1 aromatic rings. The number of ether oxygens (including phenoxy) is 1. The molecule has 116 valence electrons. The first-order valence-electron chi connectivity index (χ1n) is 8.44. The molecule has 21 heavy (non-hydrogen) atoms. The predicted molar refractivity (Wildman–Crippen MR) is 87.4 cm³/mol. The number of rotatable bonds is 5. The van der Waals surface area contributed by atoms with E-state index in [9.17, 15) is 0 Å². The molecule has 3 rings (SSSR count). The zero-order valence-corrected chi connectivity index (χ0v) is 13.9. The lowest BCUT2D eigenvalue weighted by Crippen LogP contribution is -2.61. The minimum absolute atomic E-state index is 0.242. The highest BCUT2D eigenvalue weighted by molar-refractivity contribution is 5.34. The van der Waals surface area contributed by atoms with Gasteiger partial charge in [-0.25, -0.2) is 0 Å². The molecule has 1 saturated carbocycles. The third kappa shape index (κ3) is 2.89. The lowest BCUT2D eigenvalue weighted by molar-refractivity contribution is -0.126. The van der Waals surface area contributed by atoms with E-state index in [4.69, 9.17) is 4.74 Å². The quantitative estimate of drug-likeness (QED) is 0.880. The summed E-state index contributed by atoms with van der Waals surface area (Å²) in [4.78, 5) is 0. The molecule has 3 atom stereocenters. The van der Waals surface area contributed by atoms with Gasteiger partial charge in [-0.2, -0.15) is 0 Å². The fourth-order valence-corrected chi connectivity index (χ4v) is 3.73. The zero-order valence-electron chi connectivity index (χ0n) is 13.9. The summed E-state index contributed by atoms with van der Waals surface area (Å²) in [6.07, 6.45) is 4.02. The molecule has 2 aliphatic rings. The van der Waals surface area contributed by atoms with Crippen molar-refractivity contribution in [2.24, 2.45) is 11.3 Å². The highest BCUT2D eigenvalue weighted by atomic mass is 16.5. The van der Waals surface area contributed by atoms with Gasteiger partial charge in [0.2, 0.25) is 0 Å². The van der Waals surface area contributed by atoms with Crippen molar-refractivity contribution in [1.82, 2.24) is 5.32 Å². The Morgan fingerprint density at radius 2 is 2.05 bits per heavy atom. The Kier molecular flexibility index (Phi) is 4.11. The molecule has 2 heteroatoms. The number of nitrogens with one attached hydrogen (secondary N) is 1. The third-order valence-electron chi connectivity index (χ3n) is 5.34. The van der Waals surface area contributed by atoms with Crippen molar-refractivity contribution in [2.75, 3.05) is 6.61 Å². The van der Waals surface area contributed by atoms with Crippen LogP contribution in [0.5, 0.6) is 0 Å². The summed E-state index contributed by atoms with van der Waals surface area (Å²) in [5.74, 6) is 0.620. The van der Waals surface area contributed by atoms with Crippen LogP contribution in [-0.4, -0.2) is 18.8 Å². The number of benzene rings is 1. The van der Waals surface area contributed by atoms with E-state index in [1.54, 1.807) is 0 Å². The largest absolute Gasteiger partial charge is 0.377 e. The number of hydrogen-bond donors (Lipinski definition) is 1. The molecular weight excluding hydrogens is 258 g/mol. The van der Waals surface area contributed by atoms with Crippen LogP contribution in [0.2, 0.25) is 0 Å². The van der Waals surface area contributed by atoms with Crippen LogP contribution in [0.15, 0.2) is 24.3 Å². The monoisotopic (exact) mass is 287 g/mol. The summed E-state index contributed by atoms with van der Waals surface area (Å²) in [5, 5.41) is 3.90. The number of aryl methyl sites for hydroxylation is 1. The summed E-state index contributed by atoms with van der Waals surface area (Å²) in [6, 6.07) is 10.0. The van der Waals surface area contributed by atoms with Crippen LogP contribution in [0.3, 0.4) is 0 Å². The molecule has 0 heterocycles. The summed E-state index contributed by atoms with van der Waals surface area (Å²) in [6.45, 7) is 10.0. The summed E-state index contributed by atoms with van der Waals surface area (Å²) in [7, 11) is 0. The summed E-state index contributed by atoms with van der Waals surface area (Å²) in [5.41, 5.74) is 3.28. The standard InChI is InChI=1S/C19H29NO/c1-13(2)12-21-18-11-17(19(18,3)4)20-16-10-9-14-7-5-6-8-15(14)16/h5-8,13,16-18,20H,9-12H2,1-4H3. The molecule has 0 bridgehead atoms. The van der Waals surface area contributed by atoms with E-state index < -0.39 is 0 Å². The molecular formula is C19H29NO. The van der Waals surface area contributed by atoms with Gasteiger partial charge in [0.15, 0.2) is 0 Å². The first-order valence-corrected chi connectivity index (χ1v) is 8.44. The van der Waals surface area contributed by atoms with Crippen LogP contribution in [-0.2, 0) is 11.2 Å². The van der Waals surface area contributed by atoms with Crippen LogP contribution in [0.1, 0.15) is 57.7 Å². The van der Waals surface area contributed by atoms with Crippen LogP contribution < -0.4 is 5.32 Å². The molecule has 1 fully saturated rings. The molecule has 0 radical (unpaired) electrons. The van der Waals surface area contributed by atoms with Crippen molar-refractivity contribution in [2.45, 2.75) is 65.1 Å². The van der Waals surface area contributed by atoms with Crippen molar-refractivity contribution in [3.05, 3.63) is 35.4 Å². The van der Waals surface area contributed by atoms with Gasteiger partial charge in [-0.15, -0.1) is 0 Å². The molecule has 0 saturated heterocycles. The van der Waals surface area contributed by atoms with Gasteiger partial charge in [0.05, 0.1) is 6.10 Å². The average Bonchev–Trinajstić information content (AvgIpc) is 2.85. The second-order valence-corrected chi connectivity index (χ2v) is 7.78. The van der Waals surface area contributed by atoms with Crippen LogP contribution in [0.4, 0.5) is 0 Å².